The molecule has 1 saturated heterocycles. The van der Waals surface area contributed by atoms with Gasteiger partial charge in [0.1, 0.15) is 0 Å². The topological polar surface area (TPSA) is 169 Å². The van der Waals surface area contributed by atoms with Gasteiger partial charge >= 0.3 is 7.60 Å². The first-order valence-electron chi connectivity index (χ1n) is 13.8. The molecule has 214 valence electrons. The van der Waals surface area contributed by atoms with Crippen LogP contribution in [0.1, 0.15) is 96.8 Å². The highest BCUT2D eigenvalue weighted by Crippen LogP contribution is 2.43. The first-order chi connectivity index (χ1) is 17.2. The van der Waals surface area contributed by atoms with Gasteiger partial charge in [0, 0.05) is 19.0 Å². The van der Waals surface area contributed by atoms with E-state index in [9.17, 15) is 29.6 Å². The van der Waals surface area contributed by atoms with Gasteiger partial charge in [-0.05, 0) is 19.3 Å². The summed E-state index contributed by atoms with van der Waals surface area (Å²) in [6.07, 6.45) is 10.2. The number of hydrogen-bond donors (Lipinski definition) is 7. The molecule has 6 atom stereocenters. The quantitative estimate of drug-likeness (QED) is 0.0807. The summed E-state index contributed by atoms with van der Waals surface area (Å²) in [5, 5.41) is 44.6. The summed E-state index contributed by atoms with van der Waals surface area (Å²) >= 11 is 0. The van der Waals surface area contributed by atoms with E-state index in [0.717, 1.165) is 19.3 Å². The Kier molecular flexibility index (Phi) is 18.1. The third-order valence-corrected chi connectivity index (χ3v) is 8.18. The molecular weight excluding hydrogens is 487 g/mol. The number of hydrogen-bond acceptors (Lipinski definition) is 8. The Labute approximate surface area is 216 Å². The van der Waals surface area contributed by atoms with Crippen molar-refractivity contribution in [2.45, 2.75) is 127 Å². The van der Waals surface area contributed by atoms with Crippen molar-refractivity contribution in [1.29, 1.82) is 0 Å². The minimum atomic E-state index is -4.05. The summed E-state index contributed by atoms with van der Waals surface area (Å²) in [4.78, 5) is 21.9. The van der Waals surface area contributed by atoms with Crippen LogP contribution in [0.15, 0.2) is 0 Å². The summed E-state index contributed by atoms with van der Waals surface area (Å²) in [5.74, 6) is -0.0282. The van der Waals surface area contributed by atoms with Crippen LogP contribution >= 0.6 is 7.60 Å². The average Bonchev–Trinajstić information content (AvgIpc) is 3.09. The Morgan fingerprint density at radius 1 is 0.944 bits per heavy atom. The van der Waals surface area contributed by atoms with Gasteiger partial charge in [-0.25, -0.2) is 0 Å². The average molecular weight is 539 g/mol. The molecule has 0 aromatic rings. The van der Waals surface area contributed by atoms with E-state index in [-0.39, 0.29) is 25.5 Å². The predicted molar refractivity (Wildman–Crippen MR) is 140 cm³/mol. The van der Waals surface area contributed by atoms with Gasteiger partial charge in [-0.15, -0.1) is 0 Å². The van der Waals surface area contributed by atoms with E-state index in [1.165, 1.54) is 51.4 Å². The third-order valence-electron chi connectivity index (χ3n) is 6.71. The number of aliphatic hydroxyl groups is 4. The molecule has 0 aliphatic carbocycles. The Morgan fingerprint density at radius 3 is 2.06 bits per heavy atom. The molecule has 1 heterocycles. The molecule has 0 bridgehead atoms. The van der Waals surface area contributed by atoms with Crippen molar-refractivity contribution in [3.63, 3.8) is 0 Å². The maximum absolute atomic E-state index is 12.2. The molecule has 0 spiro atoms. The van der Waals surface area contributed by atoms with Crippen LogP contribution < -0.4 is 10.6 Å². The van der Waals surface area contributed by atoms with Gasteiger partial charge in [-0.3, -0.25) is 9.36 Å². The molecule has 1 amide bonds. The van der Waals surface area contributed by atoms with Gasteiger partial charge in [0.25, 0.3) is 0 Å². The zero-order valence-corrected chi connectivity index (χ0v) is 22.9. The highest BCUT2D eigenvalue weighted by atomic mass is 31.2. The maximum Gasteiger partial charge on any atom is 0.330 e. The molecule has 1 unspecified atom stereocenters. The number of amides is 1. The number of carbonyl (C=O) groups is 1. The van der Waals surface area contributed by atoms with Crippen molar-refractivity contribution < 1.29 is 39.2 Å². The summed E-state index contributed by atoms with van der Waals surface area (Å²) < 4.78 is 17.2. The highest BCUT2D eigenvalue weighted by molar-refractivity contribution is 7.52. The lowest BCUT2D eigenvalue weighted by Gasteiger charge is -2.21. The van der Waals surface area contributed by atoms with E-state index < -0.39 is 44.2 Å². The summed E-state index contributed by atoms with van der Waals surface area (Å²) in [7, 11) is -4.05. The first kappa shape index (κ1) is 33.4. The number of aliphatic hydroxyl groups excluding tert-OH is 4. The van der Waals surface area contributed by atoms with Crippen molar-refractivity contribution in [3.8, 4) is 0 Å². The van der Waals surface area contributed by atoms with E-state index in [0.29, 0.717) is 19.4 Å². The third kappa shape index (κ3) is 15.0. The fourth-order valence-electron chi connectivity index (χ4n) is 4.55. The molecule has 11 heteroatoms. The van der Waals surface area contributed by atoms with Crippen LogP contribution in [-0.2, 0) is 13.9 Å². The van der Waals surface area contributed by atoms with E-state index in [1.807, 2.05) is 0 Å². The molecule has 1 fully saturated rings. The van der Waals surface area contributed by atoms with Gasteiger partial charge in [0.15, 0.2) is 0 Å². The molecule has 36 heavy (non-hydrogen) atoms. The molecule has 0 radical (unpaired) electrons. The number of unbranched alkanes of at least 4 members (excludes halogenated alkanes) is 10. The molecule has 1 aliphatic heterocycles. The molecule has 0 aromatic carbocycles. The fourth-order valence-corrected chi connectivity index (χ4v) is 5.75. The van der Waals surface area contributed by atoms with Crippen LogP contribution in [0.3, 0.4) is 0 Å². The number of rotatable bonds is 22. The van der Waals surface area contributed by atoms with Crippen LogP contribution in [0.5, 0.6) is 0 Å². The minimum Gasteiger partial charge on any atom is -0.395 e. The summed E-state index contributed by atoms with van der Waals surface area (Å²) in [6, 6.07) is -1.41. The maximum atomic E-state index is 12.2. The van der Waals surface area contributed by atoms with E-state index in [2.05, 4.69) is 17.6 Å². The first-order valence-corrected chi connectivity index (χ1v) is 15.6. The van der Waals surface area contributed by atoms with Gasteiger partial charge < -0.3 is 40.5 Å². The summed E-state index contributed by atoms with van der Waals surface area (Å²) in [5.41, 5.74) is 0. The number of carbonyl (C=O) groups excluding carboxylic acids is 1. The lowest BCUT2D eigenvalue weighted by atomic mass is 10.0. The van der Waals surface area contributed by atoms with Gasteiger partial charge in [0.2, 0.25) is 5.91 Å². The van der Waals surface area contributed by atoms with Crippen LogP contribution in [0.25, 0.3) is 0 Å². The van der Waals surface area contributed by atoms with Crippen molar-refractivity contribution in [2.75, 3.05) is 25.9 Å². The molecule has 10 nitrogen and oxygen atoms in total. The molecular formula is C25H51N2O8P. The van der Waals surface area contributed by atoms with Gasteiger partial charge in [-0.2, -0.15) is 0 Å². The van der Waals surface area contributed by atoms with E-state index in [4.69, 9.17) is 9.63 Å². The van der Waals surface area contributed by atoms with E-state index >= 15 is 0 Å². The normalized spacial score (nSPS) is 24.5. The van der Waals surface area contributed by atoms with Crippen LogP contribution in [-0.4, -0.2) is 87.5 Å². The van der Waals surface area contributed by atoms with E-state index in [1.54, 1.807) is 0 Å². The Morgan fingerprint density at radius 2 is 1.50 bits per heavy atom. The van der Waals surface area contributed by atoms with Gasteiger partial charge in [0.05, 0.1) is 43.7 Å². The Bertz CT molecular complexity index is 627. The monoisotopic (exact) mass is 538 g/mol. The smallest absolute Gasteiger partial charge is 0.330 e. The van der Waals surface area contributed by atoms with Crippen LogP contribution in [0.2, 0.25) is 0 Å². The zero-order chi connectivity index (χ0) is 26.8. The second-order valence-electron chi connectivity index (χ2n) is 10.1. The van der Waals surface area contributed by atoms with Crippen molar-refractivity contribution >= 4 is 13.5 Å². The van der Waals surface area contributed by atoms with Gasteiger partial charge in [-0.1, -0.05) is 71.1 Å². The molecule has 7 N–H and O–H groups in total. The highest BCUT2D eigenvalue weighted by Gasteiger charge is 2.41. The Hall–Kier alpha value is -0.580. The predicted octanol–water partition coefficient (Wildman–Crippen LogP) is 2.20. The zero-order valence-electron chi connectivity index (χ0n) is 22.0. The lowest BCUT2D eigenvalue weighted by molar-refractivity contribution is -0.121. The molecule has 1 aliphatic rings. The second-order valence-corrected chi connectivity index (χ2v) is 12.0. The lowest BCUT2D eigenvalue weighted by Crippen LogP contribution is -2.38. The summed E-state index contributed by atoms with van der Waals surface area (Å²) in [6.45, 7) is 2.17. The van der Waals surface area contributed by atoms with Crippen molar-refractivity contribution in [1.82, 2.24) is 10.6 Å². The van der Waals surface area contributed by atoms with Crippen LogP contribution in [0, 0.1) is 0 Å². The van der Waals surface area contributed by atoms with Crippen molar-refractivity contribution in [3.05, 3.63) is 0 Å². The SMILES string of the molecule is CCCCCCCCCCCCCC(=O)NCCCOP(=O)(O)C[C@H](O)C[C@H]1N[C@H](CO)[C@@H](O)[C@@H]1O. The molecule has 0 saturated carbocycles. The standard InChI is InChI=1S/C25H51N2O8P/c1-2-3-4-5-6-7-8-9-10-11-12-14-23(30)26-15-13-16-35-36(33,34)19-20(29)17-21-24(31)25(32)22(18-28)27-21/h20-22,24-25,27-29,31-32H,2-19H2,1H3,(H,26,30)(H,33,34)/t20-,21-,22-,24-,25-/m1/s1. The minimum absolute atomic E-state index is 0.0282. The molecule has 1 rings (SSSR count). The number of nitrogens with one attached hydrogen (secondary N) is 2. The molecule has 0 aromatic heterocycles. The Balaban J connectivity index is 2.02. The van der Waals surface area contributed by atoms with Crippen LogP contribution in [0.4, 0.5) is 0 Å². The second kappa shape index (κ2) is 19.5. The fraction of sp³-hybridized carbons (Fsp3) is 0.960. The van der Waals surface area contributed by atoms with Crippen molar-refractivity contribution in [2.24, 2.45) is 0 Å². The largest absolute Gasteiger partial charge is 0.395 e.